The van der Waals surface area contributed by atoms with Gasteiger partial charge in [0.25, 0.3) is 0 Å². The van der Waals surface area contributed by atoms with Gasteiger partial charge in [0.1, 0.15) is 0 Å². The highest BCUT2D eigenvalue weighted by Gasteiger charge is 2.30. The number of methoxy groups -OCH3 is 2. The zero-order chi connectivity index (χ0) is 22.3. The lowest BCUT2D eigenvalue weighted by atomic mass is 10.0. The highest BCUT2D eigenvalue weighted by Crippen LogP contribution is 2.33. The molecule has 0 aliphatic heterocycles. The first kappa shape index (κ1) is 22.9. The minimum absolute atomic E-state index is 0.0142. The number of amides is 2. The summed E-state index contributed by atoms with van der Waals surface area (Å²) in [5, 5.41) is 5.36. The van der Waals surface area contributed by atoms with Crippen molar-refractivity contribution in [1.82, 2.24) is 10.6 Å². The van der Waals surface area contributed by atoms with Gasteiger partial charge in [0, 0.05) is 5.56 Å². The Morgan fingerprint density at radius 1 is 1.13 bits per heavy atom. The predicted molar refractivity (Wildman–Crippen MR) is 108 cm³/mol. The van der Waals surface area contributed by atoms with Crippen LogP contribution in [0.5, 0.6) is 11.5 Å². The zero-order valence-electron chi connectivity index (χ0n) is 17.1. The number of benzene rings is 2. The molecule has 0 saturated carbocycles. The maximum atomic E-state index is 12.7. The van der Waals surface area contributed by atoms with Crippen LogP contribution in [0.2, 0.25) is 0 Å². The summed E-state index contributed by atoms with van der Waals surface area (Å²) in [4.78, 5) is 12.1. The third-order valence-corrected chi connectivity index (χ3v) is 4.35. The molecular weight excluding hydrogens is 397 g/mol. The molecule has 1 atom stereocenters. The topological polar surface area (TPSA) is 59.6 Å². The number of alkyl halides is 3. The number of ether oxygens (including phenoxy) is 2. The van der Waals surface area contributed by atoms with Gasteiger partial charge in [-0.15, -0.1) is 0 Å². The summed E-state index contributed by atoms with van der Waals surface area (Å²) in [5.41, 5.74) is 1.24. The van der Waals surface area contributed by atoms with Gasteiger partial charge < -0.3 is 20.1 Å². The van der Waals surface area contributed by atoms with E-state index in [0.717, 1.165) is 23.3 Å². The molecular formula is C22H23F3N2O3. The Kier molecular flexibility index (Phi) is 7.59. The predicted octanol–water partition coefficient (Wildman–Crippen LogP) is 4.44. The molecule has 1 unspecified atom stereocenters. The second kappa shape index (κ2) is 9.92. The fourth-order valence-corrected chi connectivity index (χ4v) is 2.83. The summed E-state index contributed by atoms with van der Waals surface area (Å²) in [7, 11) is 3.08. The van der Waals surface area contributed by atoms with Gasteiger partial charge in [-0.3, -0.25) is 0 Å². The van der Waals surface area contributed by atoms with Crippen molar-refractivity contribution in [3.05, 3.63) is 58.7 Å². The number of carbonyl (C=O) groups excluding carboxylic acids is 1. The highest BCUT2D eigenvalue weighted by molar-refractivity contribution is 5.74. The van der Waals surface area contributed by atoms with Gasteiger partial charge in [-0.05, 0) is 55.3 Å². The average molecular weight is 420 g/mol. The van der Waals surface area contributed by atoms with Crippen LogP contribution in [0, 0.1) is 18.8 Å². The second-order valence-corrected chi connectivity index (χ2v) is 6.49. The number of hydrogen-bond donors (Lipinski definition) is 2. The molecule has 8 heteroatoms. The van der Waals surface area contributed by atoms with E-state index in [-0.39, 0.29) is 18.2 Å². The second-order valence-electron chi connectivity index (χ2n) is 6.49. The number of carbonyl (C=O) groups is 1. The highest BCUT2D eigenvalue weighted by atomic mass is 19.4. The SMILES string of the molecule is COc1cc(C)c(C(C)NC(=O)NCC#Cc2cccc(C(F)(F)F)c2)cc1OC. The quantitative estimate of drug-likeness (QED) is 0.703. The number of halogens is 3. The molecule has 160 valence electrons. The molecule has 30 heavy (non-hydrogen) atoms. The average Bonchev–Trinajstić information content (AvgIpc) is 2.70. The first-order valence-corrected chi connectivity index (χ1v) is 9.08. The fraction of sp³-hybridized carbons (Fsp3) is 0.318. The minimum Gasteiger partial charge on any atom is -0.493 e. The fourth-order valence-electron chi connectivity index (χ4n) is 2.83. The molecule has 5 nitrogen and oxygen atoms in total. The molecule has 2 aromatic carbocycles. The smallest absolute Gasteiger partial charge is 0.416 e. The Hall–Kier alpha value is -3.34. The Balaban J connectivity index is 1.96. The van der Waals surface area contributed by atoms with Crippen LogP contribution in [0.1, 0.15) is 35.2 Å². The van der Waals surface area contributed by atoms with Crippen LogP contribution in [-0.4, -0.2) is 26.8 Å². The normalized spacial score (nSPS) is 11.7. The molecule has 0 fully saturated rings. The van der Waals surface area contributed by atoms with Crippen molar-refractivity contribution in [1.29, 1.82) is 0 Å². The summed E-state index contributed by atoms with van der Waals surface area (Å²) in [5.74, 6) is 6.41. The van der Waals surface area contributed by atoms with E-state index in [9.17, 15) is 18.0 Å². The molecule has 2 amide bonds. The summed E-state index contributed by atoms with van der Waals surface area (Å²) < 4.78 is 48.7. The van der Waals surface area contributed by atoms with E-state index in [1.54, 1.807) is 13.2 Å². The molecule has 0 aliphatic rings. The molecule has 0 aromatic heterocycles. The lowest BCUT2D eigenvalue weighted by molar-refractivity contribution is -0.137. The van der Waals surface area contributed by atoms with E-state index in [1.807, 2.05) is 19.9 Å². The number of aryl methyl sites for hydroxylation is 1. The Morgan fingerprint density at radius 2 is 1.80 bits per heavy atom. The van der Waals surface area contributed by atoms with Crippen LogP contribution in [0.15, 0.2) is 36.4 Å². The summed E-state index contributed by atoms with van der Waals surface area (Å²) in [6.45, 7) is 3.70. The number of rotatable bonds is 5. The number of urea groups is 1. The maximum absolute atomic E-state index is 12.7. The van der Waals surface area contributed by atoms with E-state index >= 15 is 0 Å². The lowest BCUT2D eigenvalue weighted by Gasteiger charge is -2.19. The van der Waals surface area contributed by atoms with Crippen molar-refractivity contribution >= 4 is 6.03 Å². The molecule has 2 aromatic rings. The van der Waals surface area contributed by atoms with Gasteiger partial charge in [0.2, 0.25) is 0 Å². The summed E-state index contributed by atoms with van der Waals surface area (Å²) in [6.07, 6.45) is -4.42. The molecule has 2 rings (SSSR count). The molecule has 0 radical (unpaired) electrons. The van der Waals surface area contributed by atoms with Gasteiger partial charge in [-0.25, -0.2) is 4.79 Å². The van der Waals surface area contributed by atoms with Crippen LogP contribution in [0.25, 0.3) is 0 Å². The molecule has 0 heterocycles. The third kappa shape index (κ3) is 6.08. The van der Waals surface area contributed by atoms with Crippen molar-refractivity contribution in [2.75, 3.05) is 20.8 Å². The van der Waals surface area contributed by atoms with Gasteiger partial charge in [0.15, 0.2) is 11.5 Å². The first-order valence-electron chi connectivity index (χ1n) is 9.08. The Morgan fingerprint density at radius 3 is 2.43 bits per heavy atom. The van der Waals surface area contributed by atoms with Crippen molar-refractivity contribution in [2.45, 2.75) is 26.1 Å². The van der Waals surface area contributed by atoms with Crippen molar-refractivity contribution in [3.63, 3.8) is 0 Å². The summed E-state index contributed by atoms with van der Waals surface area (Å²) >= 11 is 0. The number of hydrogen-bond acceptors (Lipinski definition) is 3. The Bertz CT molecular complexity index is 962. The number of nitrogens with one attached hydrogen (secondary N) is 2. The van der Waals surface area contributed by atoms with E-state index in [2.05, 4.69) is 22.5 Å². The van der Waals surface area contributed by atoms with Crippen LogP contribution in [-0.2, 0) is 6.18 Å². The van der Waals surface area contributed by atoms with Gasteiger partial charge in [-0.1, -0.05) is 17.9 Å². The van der Waals surface area contributed by atoms with Crippen molar-refractivity contribution in [3.8, 4) is 23.3 Å². The first-order chi connectivity index (χ1) is 14.2. The molecule has 0 spiro atoms. The maximum Gasteiger partial charge on any atom is 0.416 e. The van der Waals surface area contributed by atoms with E-state index in [0.29, 0.717) is 11.5 Å². The van der Waals surface area contributed by atoms with Gasteiger partial charge in [-0.2, -0.15) is 13.2 Å². The van der Waals surface area contributed by atoms with E-state index in [1.165, 1.54) is 19.2 Å². The largest absolute Gasteiger partial charge is 0.493 e. The van der Waals surface area contributed by atoms with Crippen molar-refractivity contribution < 1.29 is 27.4 Å². The van der Waals surface area contributed by atoms with Crippen LogP contribution in [0.4, 0.5) is 18.0 Å². The van der Waals surface area contributed by atoms with Crippen molar-refractivity contribution in [2.24, 2.45) is 0 Å². The van der Waals surface area contributed by atoms with Crippen LogP contribution >= 0.6 is 0 Å². The zero-order valence-corrected chi connectivity index (χ0v) is 17.1. The standard InChI is InChI=1S/C22H23F3N2O3/c1-14-11-19(29-3)20(30-4)13-18(14)15(2)27-21(28)26-10-6-8-16-7-5-9-17(12-16)22(23,24)25/h5,7,9,11-13,15H,10H2,1-4H3,(H2,26,27,28). The third-order valence-electron chi connectivity index (χ3n) is 4.35. The molecule has 0 aliphatic carbocycles. The van der Waals surface area contributed by atoms with E-state index < -0.39 is 17.8 Å². The monoisotopic (exact) mass is 420 g/mol. The van der Waals surface area contributed by atoms with Gasteiger partial charge >= 0.3 is 12.2 Å². The molecule has 0 bridgehead atoms. The van der Waals surface area contributed by atoms with E-state index in [4.69, 9.17) is 9.47 Å². The summed E-state index contributed by atoms with van der Waals surface area (Å²) in [6, 6.07) is 7.57. The van der Waals surface area contributed by atoms with Gasteiger partial charge in [0.05, 0.1) is 32.4 Å². The molecule has 2 N–H and O–H groups in total. The Labute approximate surface area is 173 Å². The molecule has 0 saturated heterocycles. The van der Waals surface area contributed by atoms with Crippen LogP contribution < -0.4 is 20.1 Å². The lowest BCUT2D eigenvalue weighted by Crippen LogP contribution is -2.37. The minimum atomic E-state index is -4.42. The van der Waals surface area contributed by atoms with Crippen LogP contribution in [0.3, 0.4) is 0 Å².